The van der Waals surface area contributed by atoms with Crippen molar-refractivity contribution in [1.29, 1.82) is 0 Å². The Morgan fingerprint density at radius 1 is 1.26 bits per heavy atom. The summed E-state index contributed by atoms with van der Waals surface area (Å²) in [4.78, 5) is 2.04. The van der Waals surface area contributed by atoms with Gasteiger partial charge in [-0.3, -0.25) is 0 Å². The molecular formula is C14H17ClF3N. The van der Waals surface area contributed by atoms with Gasteiger partial charge in [-0.15, -0.1) is 11.6 Å². The van der Waals surface area contributed by atoms with Crippen LogP contribution in [0.5, 0.6) is 0 Å². The SMILES string of the molecule is Cc1cc(CCl)ccc1N1CCC(C(F)(F)F)CC1. The van der Waals surface area contributed by atoms with Gasteiger partial charge in [-0.25, -0.2) is 0 Å². The first-order chi connectivity index (χ1) is 8.91. The molecule has 0 atom stereocenters. The van der Waals surface area contributed by atoms with Crippen molar-refractivity contribution in [3.05, 3.63) is 29.3 Å². The number of benzene rings is 1. The van der Waals surface area contributed by atoms with E-state index in [2.05, 4.69) is 0 Å². The summed E-state index contributed by atoms with van der Waals surface area (Å²) in [7, 11) is 0. The van der Waals surface area contributed by atoms with E-state index in [1.54, 1.807) is 0 Å². The summed E-state index contributed by atoms with van der Waals surface area (Å²) >= 11 is 5.77. The van der Waals surface area contributed by atoms with E-state index in [0.717, 1.165) is 16.8 Å². The molecule has 0 radical (unpaired) electrons. The lowest BCUT2D eigenvalue weighted by Gasteiger charge is -2.35. The molecule has 1 heterocycles. The monoisotopic (exact) mass is 291 g/mol. The van der Waals surface area contributed by atoms with Crippen molar-refractivity contribution in [2.24, 2.45) is 5.92 Å². The molecule has 1 aromatic rings. The number of hydrogen-bond acceptors (Lipinski definition) is 1. The van der Waals surface area contributed by atoms with Crippen LogP contribution in [0.2, 0.25) is 0 Å². The van der Waals surface area contributed by atoms with Crippen LogP contribution >= 0.6 is 11.6 Å². The molecule has 0 aliphatic carbocycles. The van der Waals surface area contributed by atoms with Crippen molar-refractivity contribution >= 4 is 17.3 Å². The highest BCUT2D eigenvalue weighted by molar-refractivity contribution is 6.17. The minimum atomic E-state index is -4.05. The van der Waals surface area contributed by atoms with Crippen LogP contribution in [0.1, 0.15) is 24.0 Å². The molecular weight excluding hydrogens is 275 g/mol. The molecule has 1 nitrogen and oxygen atoms in total. The lowest BCUT2D eigenvalue weighted by molar-refractivity contribution is -0.179. The molecule has 106 valence electrons. The fourth-order valence-electron chi connectivity index (χ4n) is 2.60. The Hall–Kier alpha value is -0.900. The zero-order valence-electron chi connectivity index (χ0n) is 10.8. The van der Waals surface area contributed by atoms with Gasteiger partial charge in [-0.2, -0.15) is 13.2 Å². The third-order valence-corrected chi connectivity index (χ3v) is 4.02. The molecule has 0 saturated carbocycles. The number of aryl methyl sites for hydroxylation is 1. The molecule has 19 heavy (non-hydrogen) atoms. The van der Waals surface area contributed by atoms with Crippen LogP contribution in [0.15, 0.2) is 18.2 Å². The summed E-state index contributed by atoms with van der Waals surface area (Å²) in [5.41, 5.74) is 3.13. The van der Waals surface area contributed by atoms with Crippen molar-refractivity contribution in [2.75, 3.05) is 18.0 Å². The molecule has 1 aromatic carbocycles. The third-order valence-electron chi connectivity index (χ3n) is 3.71. The maximum atomic E-state index is 12.6. The highest BCUT2D eigenvalue weighted by Gasteiger charge is 2.41. The van der Waals surface area contributed by atoms with Gasteiger partial charge in [0.05, 0.1) is 5.92 Å². The maximum Gasteiger partial charge on any atom is 0.391 e. The second kappa shape index (κ2) is 5.61. The molecule has 5 heteroatoms. The van der Waals surface area contributed by atoms with Crippen LogP contribution < -0.4 is 4.90 Å². The first-order valence-electron chi connectivity index (χ1n) is 6.39. The number of alkyl halides is 4. The fraction of sp³-hybridized carbons (Fsp3) is 0.571. The largest absolute Gasteiger partial charge is 0.391 e. The Balaban J connectivity index is 2.06. The molecule has 1 aliphatic heterocycles. The van der Waals surface area contributed by atoms with Crippen LogP contribution in [0.25, 0.3) is 0 Å². The molecule has 1 saturated heterocycles. The standard InChI is InChI=1S/C14H17ClF3N/c1-10-8-11(9-15)2-3-13(10)19-6-4-12(5-7-19)14(16,17)18/h2-3,8,12H,4-7,9H2,1H3. The van der Waals surface area contributed by atoms with Crippen molar-refractivity contribution in [3.63, 3.8) is 0 Å². The van der Waals surface area contributed by atoms with Gasteiger partial charge < -0.3 is 4.90 Å². The average Bonchev–Trinajstić information content (AvgIpc) is 2.37. The molecule has 0 aromatic heterocycles. The number of anilines is 1. The Labute approximate surface area is 116 Å². The molecule has 1 fully saturated rings. The Kier molecular flexibility index (Phi) is 4.29. The van der Waals surface area contributed by atoms with Gasteiger partial charge in [-0.05, 0) is 37.0 Å². The number of rotatable bonds is 2. The van der Waals surface area contributed by atoms with Gasteiger partial charge >= 0.3 is 6.18 Å². The van der Waals surface area contributed by atoms with E-state index in [9.17, 15) is 13.2 Å². The van der Waals surface area contributed by atoms with Crippen LogP contribution in [0.4, 0.5) is 18.9 Å². The van der Waals surface area contributed by atoms with Gasteiger partial charge in [0.1, 0.15) is 0 Å². The van der Waals surface area contributed by atoms with Crippen molar-refractivity contribution < 1.29 is 13.2 Å². The van der Waals surface area contributed by atoms with E-state index < -0.39 is 12.1 Å². The number of halogens is 4. The van der Waals surface area contributed by atoms with E-state index in [1.807, 2.05) is 30.0 Å². The van der Waals surface area contributed by atoms with E-state index in [-0.39, 0.29) is 12.8 Å². The molecule has 0 spiro atoms. The van der Waals surface area contributed by atoms with Gasteiger partial charge in [0.15, 0.2) is 0 Å². The maximum absolute atomic E-state index is 12.6. The summed E-state index contributed by atoms with van der Waals surface area (Å²) in [5, 5.41) is 0. The topological polar surface area (TPSA) is 3.24 Å². The van der Waals surface area contributed by atoms with Crippen LogP contribution in [0, 0.1) is 12.8 Å². The minimum absolute atomic E-state index is 0.181. The summed E-state index contributed by atoms with van der Waals surface area (Å²) in [6.45, 7) is 2.90. The Morgan fingerprint density at radius 3 is 2.37 bits per heavy atom. The van der Waals surface area contributed by atoms with E-state index in [1.165, 1.54) is 0 Å². The number of hydrogen-bond donors (Lipinski definition) is 0. The van der Waals surface area contributed by atoms with E-state index in [0.29, 0.717) is 19.0 Å². The predicted octanol–water partition coefficient (Wildman–Crippen LogP) is 4.51. The van der Waals surface area contributed by atoms with Crippen molar-refractivity contribution in [3.8, 4) is 0 Å². The number of piperidine rings is 1. The van der Waals surface area contributed by atoms with Gasteiger partial charge in [0, 0.05) is 24.7 Å². The minimum Gasteiger partial charge on any atom is -0.371 e. The molecule has 0 unspecified atom stereocenters. The van der Waals surface area contributed by atoms with Gasteiger partial charge in [0.25, 0.3) is 0 Å². The second-order valence-corrected chi connectivity index (χ2v) is 5.32. The highest BCUT2D eigenvalue weighted by Crippen LogP contribution is 2.36. The summed E-state index contributed by atoms with van der Waals surface area (Å²) in [5.74, 6) is -0.691. The van der Waals surface area contributed by atoms with E-state index in [4.69, 9.17) is 11.6 Å². The van der Waals surface area contributed by atoms with Crippen LogP contribution in [-0.2, 0) is 5.88 Å². The predicted molar refractivity (Wildman–Crippen MR) is 71.7 cm³/mol. The van der Waals surface area contributed by atoms with Gasteiger partial charge in [0.2, 0.25) is 0 Å². The first-order valence-corrected chi connectivity index (χ1v) is 6.92. The molecule has 0 N–H and O–H groups in total. The molecule has 0 amide bonds. The molecule has 0 bridgehead atoms. The summed E-state index contributed by atoms with van der Waals surface area (Å²) < 4.78 is 37.8. The van der Waals surface area contributed by atoms with Crippen molar-refractivity contribution in [1.82, 2.24) is 0 Å². The van der Waals surface area contributed by atoms with E-state index >= 15 is 0 Å². The smallest absolute Gasteiger partial charge is 0.371 e. The average molecular weight is 292 g/mol. The molecule has 2 rings (SSSR count). The van der Waals surface area contributed by atoms with Crippen LogP contribution in [-0.4, -0.2) is 19.3 Å². The normalized spacial score (nSPS) is 17.8. The quantitative estimate of drug-likeness (QED) is 0.725. The van der Waals surface area contributed by atoms with Crippen molar-refractivity contribution in [2.45, 2.75) is 31.8 Å². The Morgan fingerprint density at radius 2 is 1.89 bits per heavy atom. The second-order valence-electron chi connectivity index (χ2n) is 5.06. The zero-order chi connectivity index (χ0) is 14.0. The first kappa shape index (κ1) is 14.5. The highest BCUT2D eigenvalue weighted by atomic mass is 35.5. The summed E-state index contributed by atoms with van der Waals surface area (Å²) in [6.07, 6.45) is -3.69. The fourth-order valence-corrected chi connectivity index (χ4v) is 2.77. The van der Waals surface area contributed by atoms with Gasteiger partial charge in [-0.1, -0.05) is 12.1 Å². The summed E-state index contributed by atoms with van der Waals surface area (Å²) in [6, 6.07) is 5.89. The third kappa shape index (κ3) is 3.35. The Bertz CT molecular complexity index is 437. The number of nitrogens with zero attached hydrogens (tertiary/aromatic N) is 1. The zero-order valence-corrected chi connectivity index (χ0v) is 11.6. The lowest BCUT2D eigenvalue weighted by Crippen LogP contribution is -2.39. The lowest BCUT2D eigenvalue weighted by atomic mass is 9.95. The molecule has 1 aliphatic rings. The van der Waals surface area contributed by atoms with Crippen LogP contribution in [0.3, 0.4) is 0 Å².